The maximum absolute atomic E-state index is 11.0. The molecule has 0 aliphatic carbocycles. The van der Waals surface area contributed by atoms with Gasteiger partial charge in [0.2, 0.25) is 0 Å². The molecule has 0 saturated heterocycles. The second-order valence-corrected chi connectivity index (χ2v) is 3.73. The highest BCUT2D eigenvalue weighted by atomic mass is 16.5. The number of nitriles is 1. The summed E-state index contributed by atoms with van der Waals surface area (Å²) in [6, 6.07) is 11.7. The zero-order chi connectivity index (χ0) is 13.7. The minimum atomic E-state index is -1.04. The number of ether oxygens (including phenoxy) is 1. The Hall–Kier alpha value is -2.87. The molecule has 0 saturated carbocycles. The molecule has 1 N–H and O–H groups in total. The number of hydrogen-bond donors (Lipinski definition) is 1. The van der Waals surface area contributed by atoms with E-state index in [4.69, 9.17) is 15.1 Å². The maximum atomic E-state index is 11.0. The summed E-state index contributed by atoms with van der Waals surface area (Å²) in [6.45, 7) is 0.0390. The average Bonchev–Trinajstić information content (AvgIpc) is 2.45. The number of pyridine rings is 1. The number of carboxylic acid groups (broad SMARTS) is 1. The summed E-state index contributed by atoms with van der Waals surface area (Å²) in [5, 5.41) is 17.8. The van der Waals surface area contributed by atoms with E-state index in [1.807, 2.05) is 6.07 Å². The van der Waals surface area contributed by atoms with E-state index in [1.165, 1.54) is 12.3 Å². The van der Waals surface area contributed by atoms with Gasteiger partial charge >= 0.3 is 5.97 Å². The summed E-state index contributed by atoms with van der Waals surface area (Å²) in [5.41, 5.74) is 0.938. The highest BCUT2D eigenvalue weighted by Crippen LogP contribution is 2.15. The Morgan fingerprint density at radius 1 is 1.37 bits per heavy atom. The van der Waals surface area contributed by atoms with Gasteiger partial charge in [0.1, 0.15) is 12.4 Å². The summed E-state index contributed by atoms with van der Waals surface area (Å²) in [4.78, 5) is 15.0. The molecule has 2 aromatic rings. The van der Waals surface area contributed by atoms with Gasteiger partial charge in [0.25, 0.3) is 0 Å². The Balaban J connectivity index is 2.15. The van der Waals surface area contributed by atoms with Crippen LogP contribution in [0.25, 0.3) is 0 Å². The molecule has 0 bridgehead atoms. The third kappa shape index (κ3) is 3.07. The smallest absolute Gasteiger partial charge is 0.337 e. The summed E-state index contributed by atoms with van der Waals surface area (Å²) in [5.74, 6) is -0.543. The van der Waals surface area contributed by atoms with Crippen LogP contribution in [-0.4, -0.2) is 16.1 Å². The lowest BCUT2D eigenvalue weighted by Crippen LogP contribution is -2.07. The predicted octanol–water partition coefficient (Wildman–Crippen LogP) is 2.23. The van der Waals surface area contributed by atoms with Gasteiger partial charge in [-0.3, -0.25) is 4.98 Å². The molecule has 0 spiro atoms. The van der Waals surface area contributed by atoms with Crippen molar-refractivity contribution in [2.24, 2.45) is 0 Å². The first-order valence-electron chi connectivity index (χ1n) is 5.51. The molecule has 0 unspecified atom stereocenters. The van der Waals surface area contributed by atoms with Crippen molar-refractivity contribution in [3.63, 3.8) is 0 Å². The van der Waals surface area contributed by atoms with Crippen LogP contribution in [0.3, 0.4) is 0 Å². The molecule has 2 rings (SSSR count). The van der Waals surface area contributed by atoms with Crippen LogP contribution in [0, 0.1) is 11.3 Å². The molecule has 1 aromatic carbocycles. The van der Waals surface area contributed by atoms with Gasteiger partial charge in [-0.05, 0) is 30.3 Å². The van der Waals surface area contributed by atoms with E-state index in [-0.39, 0.29) is 12.2 Å². The molecule has 0 aliphatic rings. The van der Waals surface area contributed by atoms with E-state index in [9.17, 15) is 4.79 Å². The van der Waals surface area contributed by atoms with Crippen molar-refractivity contribution >= 4 is 5.97 Å². The molecule has 5 heteroatoms. The number of carboxylic acids is 1. The van der Waals surface area contributed by atoms with Gasteiger partial charge in [0.05, 0.1) is 22.9 Å². The van der Waals surface area contributed by atoms with Crippen LogP contribution in [-0.2, 0) is 6.61 Å². The second kappa shape index (κ2) is 5.65. The van der Waals surface area contributed by atoms with E-state index in [0.29, 0.717) is 17.0 Å². The van der Waals surface area contributed by atoms with E-state index < -0.39 is 5.97 Å². The first kappa shape index (κ1) is 12.6. The molecule has 1 aromatic heterocycles. The highest BCUT2D eigenvalue weighted by Gasteiger charge is 2.10. The molecule has 0 amide bonds. The number of aromatic carboxylic acids is 1. The molecule has 0 atom stereocenters. The third-order valence-corrected chi connectivity index (χ3v) is 2.46. The summed E-state index contributed by atoms with van der Waals surface area (Å²) in [6.07, 6.45) is 1.51. The van der Waals surface area contributed by atoms with Crippen LogP contribution in [0.1, 0.15) is 21.6 Å². The Morgan fingerprint density at radius 2 is 2.21 bits per heavy atom. The fourth-order valence-electron chi connectivity index (χ4n) is 1.55. The van der Waals surface area contributed by atoms with E-state index in [2.05, 4.69) is 4.98 Å². The Kier molecular flexibility index (Phi) is 3.74. The summed E-state index contributed by atoms with van der Waals surface area (Å²) in [7, 11) is 0. The van der Waals surface area contributed by atoms with Crippen molar-refractivity contribution in [3.8, 4) is 11.8 Å². The Morgan fingerprint density at radius 3 is 2.95 bits per heavy atom. The maximum Gasteiger partial charge on any atom is 0.337 e. The fourth-order valence-corrected chi connectivity index (χ4v) is 1.55. The SMILES string of the molecule is N#Cc1cccc(OCc2ncccc2C(=O)O)c1. The first-order valence-corrected chi connectivity index (χ1v) is 5.51. The van der Waals surface area contributed by atoms with Gasteiger partial charge < -0.3 is 9.84 Å². The van der Waals surface area contributed by atoms with Crippen molar-refractivity contribution in [2.75, 3.05) is 0 Å². The topological polar surface area (TPSA) is 83.2 Å². The quantitative estimate of drug-likeness (QED) is 0.904. The lowest BCUT2D eigenvalue weighted by molar-refractivity contribution is 0.0693. The molecule has 19 heavy (non-hydrogen) atoms. The second-order valence-electron chi connectivity index (χ2n) is 3.73. The van der Waals surface area contributed by atoms with Gasteiger partial charge in [-0.1, -0.05) is 6.07 Å². The number of carbonyl (C=O) groups is 1. The average molecular weight is 254 g/mol. The summed E-state index contributed by atoms with van der Waals surface area (Å²) < 4.78 is 5.45. The van der Waals surface area contributed by atoms with Crippen molar-refractivity contribution < 1.29 is 14.6 Å². The molecule has 0 fully saturated rings. The Labute approximate surface area is 109 Å². The Bertz CT molecular complexity index is 647. The van der Waals surface area contributed by atoms with Crippen LogP contribution in [0.2, 0.25) is 0 Å². The molecule has 94 valence electrons. The van der Waals surface area contributed by atoms with Crippen LogP contribution >= 0.6 is 0 Å². The van der Waals surface area contributed by atoms with Crippen molar-refractivity contribution in [2.45, 2.75) is 6.61 Å². The van der Waals surface area contributed by atoms with Gasteiger partial charge in [0.15, 0.2) is 0 Å². The van der Waals surface area contributed by atoms with Crippen LogP contribution < -0.4 is 4.74 Å². The van der Waals surface area contributed by atoms with Gasteiger partial charge in [0, 0.05) is 6.20 Å². The lowest BCUT2D eigenvalue weighted by Gasteiger charge is -2.07. The van der Waals surface area contributed by atoms with Gasteiger partial charge in [-0.25, -0.2) is 4.79 Å². The highest BCUT2D eigenvalue weighted by molar-refractivity contribution is 5.88. The zero-order valence-corrected chi connectivity index (χ0v) is 9.91. The summed E-state index contributed by atoms with van der Waals surface area (Å²) >= 11 is 0. The standard InChI is InChI=1S/C14H10N2O3/c15-8-10-3-1-4-11(7-10)19-9-13-12(14(17)18)5-2-6-16-13/h1-7H,9H2,(H,17,18). The fraction of sp³-hybridized carbons (Fsp3) is 0.0714. The number of hydrogen-bond acceptors (Lipinski definition) is 4. The van der Waals surface area contributed by atoms with Crippen LogP contribution in [0.4, 0.5) is 0 Å². The minimum absolute atomic E-state index is 0.0390. The largest absolute Gasteiger partial charge is 0.487 e. The number of aromatic nitrogens is 1. The third-order valence-electron chi connectivity index (χ3n) is 2.46. The van der Waals surface area contributed by atoms with Crippen molar-refractivity contribution in [3.05, 3.63) is 59.4 Å². The van der Waals surface area contributed by atoms with Crippen LogP contribution in [0.15, 0.2) is 42.6 Å². The van der Waals surface area contributed by atoms with Crippen molar-refractivity contribution in [1.82, 2.24) is 4.98 Å². The molecule has 5 nitrogen and oxygen atoms in total. The molecular weight excluding hydrogens is 244 g/mol. The minimum Gasteiger partial charge on any atom is -0.487 e. The normalized spacial score (nSPS) is 9.63. The molecule has 1 heterocycles. The van der Waals surface area contributed by atoms with Crippen molar-refractivity contribution in [1.29, 1.82) is 5.26 Å². The van der Waals surface area contributed by atoms with Gasteiger partial charge in [-0.2, -0.15) is 5.26 Å². The van der Waals surface area contributed by atoms with E-state index in [1.54, 1.807) is 30.3 Å². The predicted molar refractivity (Wildman–Crippen MR) is 66.7 cm³/mol. The van der Waals surface area contributed by atoms with E-state index in [0.717, 1.165) is 0 Å². The number of rotatable bonds is 4. The number of benzene rings is 1. The van der Waals surface area contributed by atoms with Crippen LogP contribution in [0.5, 0.6) is 5.75 Å². The zero-order valence-electron chi connectivity index (χ0n) is 9.91. The molecular formula is C14H10N2O3. The molecule has 0 aliphatic heterocycles. The lowest BCUT2D eigenvalue weighted by atomic mass is 10.2. The first-order chi connectivity index (χ1) is 9.20. The number of nitrogens with zero attached hydrogens (tertiary/aromatic N) is 2. The monoisotopic (exact) mass is 254 g/mol. The van der Waals surface area contributed by atoms with E-state index >= 15 is 0 Å². The van der Waals surface area contributed by atoms with Gasteiger partial charge in [-0.15, -0.1) is 0 Å². The molecule has 0 radical (unpaired) electrons.